The highest BCUT2D eigenvalue weighted by molar-refractivity contribution is 5.03. The highest BCUT2D eigenvalue weighted by Crippen LogP contribution is 2.27. The molecule has 0 aromatic carbocycles. The Kier molecular flexibility index (Phi) is 3.35. The summed E-state index contributed by atoms with van der Waals surface area (Å²) >= 11 is 0. The second-order valence-corrected chi connectivity index (χ2v) is 4.21. The van der Waals surface area contributed by atoms with Gasteiger partial charge in [-0.25, -0.2) is 4.79 Å². The Balaban J connectivity index is 2.42. The summed E-state index contributed by atoms with van der Waals surface area (Å²) in [6, 6.07) is 0. The number of aliphatic hydroxyl groups is 3. The maximum Gasteiger partial charge on any atom is 0.330 e. The van der Waals surface area contributed by atoms with E-state index in [0.29, 0.717) is 0 Å². The van der Waals surface area contributed by atoms with Crippen LogP contribution in [-0.2, 0) is 4.74 Å². The molecule has 0 spiro atoms. The third-order valence-electron chi connectivity index (χ3n) is 2.94. The Labute approximate surface area is 101 Å². The van der Waals surface area contributed by atoms with Crippen LogP contribution in [0.15, 0.2) is 15.8 Å². The molecule has 4 N–H and O–H groups in total. The van der Waals surface area contributed by atoms with Gasteiger partial charge in [0.1, 0.15) is 18.3 Å². The van der Waals surface area contributed by atoms with Crippen LogP contribution in [0.1, 0.15) is 11.8 Å². The van der Waals surface area contributed by atoms with Gasteiger partial charge in [0, 0.05) is 11.8 Å². The predicted octanol–water partition coefficient (Wildman–Crippen LogP) is -2.54. The van der Waals surface area contributed by atoms with Crippen LogP contribution in [0.3, 0.4) is 0 Å². The van der Waals surface area contributed by atoms with Crippen molar-refractivity contribution in [2.45, 2.75) is 31.5 Å². The van der Waals surface area contributed by atoms with Crippen molar-refractivity contribution < 1.29 is 20.1 Å². The van der Waals surface area contributed by atoms with Crippen molar-refractivity contribution in [2.75, 3.05) is 6.61 Å². The Morgan fingerprint density at radius 2 is 2.06 bits per heavy atom. The van der Waals surface area contributed by atoms with Gasteiger partial charge < -0.3 is 20.1 Å². The third kappa shape index (κ3) is 1.99. The van der Waals surface area contributed by atoms with Crippen LogP contribution in [-0.4, -0.2) is 49.8 Å². The minimum Gasteiger partial charge on any atom is -0.394 e. The molecule has 1 aliphatic rings. The summed E-state index contributed by atoms with van der Waals surface area (Å²) < 4.78 is 6.17. The zero-order chi connectivity index (χ0) is 13.4. The standard InChI is InChI=1S/C10H14N2O6/c1-4-2-12(10(17)11-8(4)16)9-7(15)6(14)5(3-13)18-9/h2,5-7,9,13-15H,3H2,1H3,(H,11,16,17)/t5-,6+,7-,9?/m1/s1. The molecule has 100 valence electrons. The lowest BCUT2D eigenvalue weighted by Crippen LogP contribution is -2.38. The summed E-state index contributed by atoms with van der Waals surface area (Å²) in [6.07, 6.45) is -3.52. The van der Waals surface area contributed by atoms with Gasteiger partial charge in [-0.2, -0.15) is 0 Å². The van der Waals surface area contributed by atoms with Gasteiger partial charge in [-0.1, -0.05) is 0 Å². The molecular weight excluding hydrogens is 244 g/mol. The Morgan fingerprint density at radius 3 is 2.61 bits per heavy atom. The first-order chi connectivity index (χ1) is 8.45. The van der Waals surface area contributed by atoms with Crippen LogP contribution in [0.25, 0.3) is 0 Å². The first kappa shape index (κ1) is 13.0. The minimum absolute atomic E-state index is 0.271. The van der Waals surface area contributed by atoms with Crippen LogP contribution in [0.4, 0.5) is 0 Å². The molecule has 18 heavy (non-hydrogen) atoms. The normalized spacial score (nSPS) is 31.8. The van der Waals surface area contributed by atoms with Gasteiger partial charge in [-0.05, 0) is 6.92 Å². The summed E-state index contributed by atoms with van der Waals surface area (Å²) in [5.74, 6) is 0. The monoisotopic (exact) mass is 258 g/mol. The molecule has 8 nitrogen and oxygen atoms in total. The van der Waals surface area contributed by atoms with Crippen molar-refractivity contribution in [3.63, 3.8) is 0 Å². The lowest BCUT2D eigenvalue weighted by Gasteiger charge is -2.17. The van der Waals surface area contributed by atoms with Gasteiger partial charge in [0.05, 0.1) is 6.61 Å². The highest BCUT2D eigenvalue weighted by atomic mass is 16.6. The molecule has 4 atom stereocenters. The third-order valence-corrected chi connectivity index (χ3v) is 2.94. The fourth-order valence-electron chi connectivity index (χ4n) is 1.88. The molecule has 0 aliphatic carbocycles. The number of nitrogens with one attached hydrogen (secondary N) is 1. The van der Waals surface area contributed by atoms with Crippen LogP contribution in [0.2, 0.25) is 0 Å². The zero-order valence-electron chi connectivity index (χ0n) is 9.61. The Hall–Kier alpha value is -1.48. The summed E-state index contributed by atoms with van der Waals surface area (Å²) in [5, 5.41) is 28.3. The maximum absolute atomic E-state index is 11.6. The molecule has 1 fully saturated rings. The van der Waals surface area contributed by atoms with E-state index in [9.17, 15) is 19.8 Å². The van der Waals surface area contributed by atoms with E-state index < -0.39 is 42.4 Å². The molecule has 1 aliphatic heterocycles. The summed E-state index contributed by atoms with van der Waals surface area (Å²) in [7, 11) is 0. The maximum atomic E-state index is 11.6. The van der Waals surface area contributed by atoms with Gasteiger partial charge in [-0.3, -0.25) is 14.3 Å². The van der Waals surface area contributed by atoms with E-state index in [1.54, 1.807) is 0 Å². The predicted molar refractivity (Wildman–Crippen MR) is 59.1 cm³/mol. The average Bonchev–Trinajstić information content (AvgIpc) is 2.61. The molecule has 0 radical (unpaired) electrons. The van der Waals surface area contributed by atoms with E-state index in [-0.39, 0.29) is 5.56 Å². The summed E-state index contributed by atoms with van der Waals surface area (Å²) in [6.45, 7) is 1.02. The van der Waals surface area contributed by atoms with E-state index >= 15 is 0 Å². The Morgan fingerprint density at radius 1 is 1.39 bits per heavy atom. The van der Waals surface area contributed by atoms with Crippen LogP contribution < -0.4 is 11.2 Å². The largest absolute Gasteiger partial charge is 0.394 e. The number of hydrogen-bond acceptors (Lipinski definition) is 6. The van der Waals surface area contributed by atoms with Gasteiger partial charge in [0.15, 0.2) is 6.23 Å². The molecule has 1 unspecified atom stereocenters. The highest BCUT2D eigenvalue weighted by Gasteiger charge is 2.43. The minimum atomic E-state index is -1.36. The number of H-pyrrole nitrogens is 1. The van der Waals surface area contributed by atoms with Crippen LogP contribution >= 0.6 is 0 Å². The first-order valence-corrected chi connectivity index (χ1v) is 5.40. The zero-order valence-corrected chi connectivity index (χ0v) is 9.61. The van der Waals surface area contributed by atoms with E-state index in [0.717, 1.165) is 4.57 Å². The fraction of sp³-hybridized carbons (Fsp3) is 0.600. The molecule has 1 aromatic rings. The molecule has 1 saturated heterocycles. The van der Waals surface area contributed by atoms with Crippen LogP contribution in [0.5, 0.6) is 0 Å². The SMILES string of the molecule is Cc1cn(C2O[C@H](CO)[C@H](O)[C@H]2O)c(=O)[nH]c1=O. The number of hydrogen-bond donors (Lipinski definition) is 4. The lowest BCUT2D eigenvalue weighted by molar-refractivity contribution is -0.0551. The summed E-state index contributed by atoms with van der Waals surface area (Å²) in [5.41, 5.74) is -1.00. The van der Waals surface area contributed by atoms with Crippen molar-refractivity contribution in [1.29, 1.82) is 0 Å². The van der Waals surface area contributed by atoms with Gasteiger partial charge in [0.2, 0.25) is 0 Å². The molecular formula is C10H14N2O6. The second-order valence-electron chi connectivity index (χ2n) is 4.21. The lowest BCUT2D eigenvalue weighted by atomic mass is 10.1. The second kappa shape index (κ2) is 4.65. The van der Waals surface area contributed by atoms with Crippen molar-refractivity contribution in [2.24, 2.45) is 0 Å². The quantitative estimate of drug-likeness (QED) is 0.463. The average molecular weight is 258 g/mol. The number of aliphatic hydroxyl groups excluding tert-OH is 3. The number of nitrogens with zero attached hydrogens (tertiary/aromatic N) is 1. The number of aromatic amines is 1. The van der Waals surface area contributed by atoms with Crippen molar-refractivity contribution in [1.82, 2.24) is 9.55 Å². The number of aromatic nitrogens is 2. The molecule has 0 bridgehead atoms. The molecule has 2 heterocycles. The van der Waals surface area contributed by atoms with Crippen molar-refractivity contribution in [3.05, 3.63) is 32.6 Å². The molecule has 1 aromatic heterocycles. The van der Waals surface area contributed by atoms with E-state index in [4.69, 9.17) is 9.84 Å². The molecule has 2 rings (SSSR count). The Bertz CT molecular complexity index is 550. The first-order valence-electron chi connectivity index (χ1n) is 5.40. The van der Waals surface area contributed by atoms with E-state index in [1.165, 1.54) is 13.1 Å². The van der Waals surface area contributed by atoms with E-state index in [1.807, 2.05) is 0 Å². The topological polar surface area (TPSA) is 125 Å². The van der Waals surface area contributed by atoms with Gasteiger partial charge in [0.25, 0.3) is 5.56 Å². The summed E-state index contributed by atoms with van der Waals surface area (Å²) in [4.78, 5) is 24.9. The smallest absolute Gasteiger partial charge is 0.330 e. The fourth-order valence-corrected chi connectivity index (χ4v) is 1.88. The van der Waals surface area contributed by atoms with Crippen molar-refractivity contribution >= 4 is 0 Å². The van der Waals surface area contributed by atoms with Crippen molar-refractivity contribution in [3.8, 4) is 0 Å². The number of rotatable bonds is 2. The van der Waals surface area contributed by atoms with Gasteiger partial charge >= 0.3 is 5.69 Å². The number of ether oxygens (including phenoxy) is 1. The van der Waals surface area contributed by atoms with E-state index in [2.05, 4.69) is 4.98 Å². The molecule has 8 heteroatoms. The molecule has 0 amide bonds. The number of aryl methyl sites for hydroxylation is 1. The van der Waals surface area contributed by atoms with Gasteiger partial charge in [-0.15, -0.1) is 0 Å². The van der Waals surface area contributed by atoms with Crippen LogP contribution in [0, 0.1) is 6.92 Å². The molecule has 0 saturated carbocycles.